The molecule has 0 atom stereocenters. The van der Waals surface area contributed by atoms with Crippen LogP contribution in [0, 0.1) is 0 Å². The fraction of sp³-hybridized carbons (Fsp3) is 0.286. The highest BCUT2D eigenvalue weighted by molar-refractivity contribution is 5.14. The van der Waals surface area contributed by atoms with E-state index in [1.807, 2.05) is 6.92 Å². The Bertz CT molecular complexity index is 277. The molecule has 0 radical (unpaired) electrons. The van der Waals surface area contributed by atoms with Crippen LogP contribution >= 0.6 is 0 Å². The molecule has 0 unspecified atom stereocenters. The number of hydrogen-bond donors (Lipinski definition) is 1. The Morgan fingerprint density at radius 2 is 2.30 bits per heavy atom. The topological polar surface area (TPSA) is 42.2 Å². The molecule has 1 heterocycles. The average Bonchev–Trinajstić information content (AvgIpc) is 1.94. The summed E-state index contributed by atoms with van der Waals surface area (Å²) in [6.07, 6.45) is 1.42. The van der Waals surface area contributed by atoms with Crippen LogP contribution in [0.3, 0.4) is 0 Å². The maximum atomic E-state index is 10.9. The van der Waals surface area contributed by atoms with Crippen molar-refractivity contribution < 1.29 is 5.11 Å². The van der Waals surface area contributed by atoms with Gasteiger partial charge >= 0.3 is 0 Å². The van der Waals surface area contributed by atoms with Gasteiger partial charge in [0.1, 0.15) is 5.75 Å². The first kappa shape index (κ1) is 6.86. The first-order chi connectivity index (χ1) is 4.74. The van der Waals surface area contributed by atoms with Gasteiger partial charge in [0.2, 0.25) is 0 Å². The van der Waals surface area contributed by atoms with Gasteiger partial charge in [-0.3, -0.25) is 4.79 Å². The second-order valence-electron chi connectivity index (χ2n) is 2.01. The van der Waals surface area contributed by atoms with Crippen LogP contribution in [0.5, 0.6) is 5.75 Å². The van der Waals surface area contributed by atoms with Crippen LogP contribution in [0.25, 0.3) is 0 Å². The molecule has 0 bridgehead atoms. The summed E-state index contributed by atoms with van der Waals surface area (Å²) in [4.78, 5) is 10.9. The molecule has 0 aliphatic rings. The molecule has 0 fully saturated rings. The number of aromatic hydroxyl groups is 1. The van der Waals surface area contributed by atoms with E-state index in [2.05, 4.69) is 0 Å². The van der Waals surface area contributed by atoms with Gasteiger partial charge in [-0.05, 0) is 13.0 Å². The maximum absolute atomic E-state index is 10.9. The molecule has 0 aliphatic carbocycles. The van der Waals surface area contributed by atoms with Crippen molar-refractivity contribution in [2.24, 2.45) is 0 Å². The lowest BCUT2D eigenvalue weighted by Crippen LogP contribution is -2.16. The van der Waals surface area contributed by atoms with Crippen LogP contribution in [-0.4, -0.2) is 9.67 Å². The molecule has 0 aromatic carbocycles. The molecule has 0 saturated heterocycles. The van der Waals surface area contributed by atoms with E-state index in [0.29, 0.717) is 6.54 Å². The van der Waals surface area contributed by atoms with E-state index in [4.69, 9.17) is 5.11 Å². The van der Waals surface area contributed by atoms with Crippen LogP contribution in [0.1, 0.15) is 6.92 Å². The lowest BCUT2D eigenvalue weighted by Gasteiger charge is -1.99. The van der Waals surface area contributed by atoms with Crippen LogP contribution < -0.4 is 5.56 Å². The van der Waals surface area contributed by atoms with Gasteiger partial charge in [0.05, 0.1) is 0 Å². The SMILES string of the molecule is CCn1cc(O)ccc1=O. The molecule has 3 heteroatoms. The van der Waals surface area contributed by atoms with E-state index in [1.165, 1.54) is 22.9 Å². The predicted molar refractivity (Wildman–Crippen MR) is 38.0 cm³/mol. The average molecular weight is 139 g/mol. The summed E-state index contributed by atoms with van der Waals surface area (Å²) < 4.78 is 1.44. The molecule has 0 aliphatic heterocycles. The standard InChI is InChI=1S/C7H9NO2/c1-2-8-5-6(9)3-4-7(8)10/h3-5,9H,2H2,1H3. The number of hydrogen-bond acceptors (Lipinski definition) is 2. The molecule has 1 N–H and O–H groups in total. The molecule has 1 aromatic rings. The Hall–Kier alpha value is -1.25. The van der Waals surface area contributed by atoms with Crippen molar-refractivity contribution in [3.8, 4) is 5.75 Å². The van der Waals surface area contributed by atoms with E-state index in [-0.39, 0.29) is 11.3 Å². The van der Waals surface area contributed by atoms with E-state index in [9.17, 15) is 4.79 Å². The molecule has 0 spiro atoms. The highest BCUT2D eigenvalue weighted by Crippen LogP contribution is 2.01. The van der Waals surface area contributed by atoms with Crippen molar-refractivity contribution in [3.05, 3.63) is 28.7 Å². The summed E-state index contributed by atoms with van der Waals surface area (Å²) in [5.41, 5.74) is -0.0831. The third kappa shape index (κ3) is 1.18. The van der Waals surface area contributed by atoms with Crippen molar-refractivity contribution in [3.63, 3.8) is 0 Å². The summed E-state index contributed by atoms with van der Waals surface area (Å²) in [6.45, 7) is 2.44. The van der Waals surface area contributed by atoms with Crippen molar-refractivity contribution in [1.82, 2.24) is 4.57 Å². The third-order valence-electron chi connectivity index (χ3n) is 1.31. The summed E-state index contributed by atoms with van der Waals surface area (Å²) in [7, 11) is 0. The fourth-order valence-electron chi connectivity index (χ4n) is 0.766. The number of pyridine rings is 1. The second-order valence-corrected chi connectivity index (χ2v) is 2.01. The molecule has 10 heavy (non-hydrogen) atoms. The quantitative estimate of drug-likeness (QED) is 0.618. The summed E-state index contributed by atoms with van der Waals surface area (Å²) in [5, 5.41) is 8.91. The van der Waals surface area contributed by atoms with Crippen molar-refractivity contribution in [1.29, 1.82) is 0 Å². The minimum absolute atomic E-state index is 0.0831. The van der Waals surface area contributed by atoms with Gasteiger partial charge in [0, 0.05) is 18.8 Å². The zero-order valence-electron chi connectivity index (χ0n) is 5.74. The zero-order chi connectivity index (χ0) is 7.56. The second kappa shape index (κ2) is 2.56. The largest absolute Gasteiger partial charge is 0.506 e. The van der Waals surface area contributed by atoms with Crippen molar-refractivity contribution in [2.45, 2.75) is 13.5 Å². The highest BCUT2D eigenvalue weighted by atomic mass is 16.3. The van der Waals surface area contributed by atoms with Gasteiger partial charge in [0.15, 0.2) is 0 Å². The summed E-state index contributed by atoms with van der Waals surface area (Å²) in [5.74, 6) is 0.126. The van der Waals surface area contributed by atoms with Crippen LogP contribution in [-0.2, 0) is 6.54 Å². The lowest BCUT2D eigenvalue weighted by molar-refractivity contribution is 0.465. The Balaban J connectivity index is 3.22. The number of nitrogens with zero attached hydrogens (tertiary/aromatic N) is 1. The summed E-state index contributed by atoms with van der Waals surface area (Å²) >= 11 is 0. The van der Waals surface area contributed by atoms with E-state index in [1.54, 1.807) is 0 Å². The normalized spacial score (nSPS) is 9.70. The molecule has 0 saturated carbocycles. The molecular weight excluding hydrogens is 130 g/mol. The number of aromatic nitrogens is 1. The Labute approximate surface area is 58.5 Å². The summed E-state index contributed by atoms with van der Waals surface area (Å²) in [6, 6.07) is 2.73. The van der Waals surface area contributed by atoms with Crippen LogP contribution in [0.4, 0.5) is 0 Å². The minimum Gasteiger partial charge on any atom is -0.506 e. The zero-order valence-corrected chi connectivity index (χ0v) is 5.74. The Morgan fingerprint density at radius 1 is 1.60 bits per heavy atom. The van der Waals surface area contributed by atoms with Gasteiger partial charge in [-0.2, -0.15) is 0 Å². The molecular formula is C7H9NO2. The Kier molecular flexibility index (Phi) is 1.76. The van der Waals surface area contributed by atoms with Crippen molar-refractivity contribution >= 4 is 0 Å². The van der Waals surface area contributed by atoms with Gasteiger partial charge in [-0.1, -0.05) is 0 Å². The van der Waals surface area contributed by atoms with Gasteiger partial charge in [-0.25, -0.2) is 0 Å². The molecule has 3 nitrogen and oxygen atoms in total. The monoisotopic (exact) mass is 139 g/mol. The molecule has 1 aromatic heterocycles. The van der Waals surface area contributed by atoms with Crippen LogP contribution in [0.2, 0.25) is 0 Å². The number of aryl methyl sites for hydroxylation is 1. The van der Waals surface area contributed by atoms with Crippen LogP contribution in [0.15, 0.2) is 23.1 Å². The predicted octanol–water partition coefficient (Wildman–Crippen LogP) is 0.574. The first-order valence-corrected chi connectivity index (χ1v) is 3.13. The van der Waals surface area contributed by atoms with E-state index < -0.39 is 0 Å². The molecule has 0 amide bonds. The van der Waals surface area contributed by atoms with E-state index >= 15 is 0 Å². The van der Waals surface area contributed by atoms with E-state index in [0.717, 1.165) is 0 Å². The smallest absolute Gasteiger partial charge is 0.250 e. The van der Waals surface area contributed by atoms with Gasteiger partial charge in [0.25, 0.3) is 5.56 Å². The first-order valence-electron chi connectivity index (χ1n) is 3.13. The third-order valence-corrected chi connectivity index (χ3v) is 1.31. The van der Waals surface area contributed by atoms with Gasteiger partial charge in [-0.15, -0.1) is 0 Å². The van der Waals surface area contributed by atoms with Crippen molar-refractivity contribution in [2.75, 3.05) is 0 Å². The highest BCUT2D eigenvalue weighted by Gasteiger charge is 1.91. The lowest BCUT2D eigenvalue weighted by atomic mass is 10.4. The molecule has 1 rings (SSSR count). The fourth-order valence-corrected chi connectivity index (χ4v) is 0.766. The maximum Gasteiger partial charge on any atom is 0.250 e. The minimum atomic E-state index is -0.0831. The Morgan fingerprint density at radius 3 is 2.80 bits per heavy atom. The number of rotatable bonds is 1. The molecule has 54 valence electrons. The van der Waals surface area contributed by atoms with Gasteiger partial charge < -0.3 is 9.67 Å².